The Hall–Kier alpha value is -2.83. The van der Waals surface area contributed by atoms with Crippen molar-refractivity contribution in [3.8, 4) is 16.9 Å². The van der Waals surface area contributed by atoms with Crippen molar-refractivity contribution in [1.29, 1.82) is 0 Å². The van der Waals surface area contributed by atoms with E-state index in [9.17, 15) is 0 Å². The molecule has 6 heteroatoms. The third-order valence-electron chi connectivity index (χ3n) is 4.98. The number of pyridine rings is 1. The summed E-state index contributed by atoms with van der Waals surface area (Å²) in [5.41, 5.74) is 13.0. The van der Waals surface area contributed by atoms with Gasteiger partial charge in [0.2, 0.25) is 0 Å². The smallest absolute Gasteiger partial charge is 0.138 e. The van der Waals surface area contributed by atoms with Crippen LogP contribution in [0.2, 0.25) is 0 Å². The summed E-state index contributed by atoms with van der Waals surface area (Å²) in [6.45, 7) is 4.59. The topological polar surface area (TPSA) is 76.8 Å². The van der Waals surface area contributed by atoms with Gasteiger partial charge in [-0.3, -0.25) is 10.1 Å². The number of nitrogens with zero attached hydrogens (tertiary/aromatic N) is 2. The van der Waals surface area contributed by atoms with Crippen LogP contribution in [0.25, 0.3) is 22.0 Å². The molecule has 0 bridgehead atoms. The maximum Gasteiger partial charge on any atom is 0.138 e. The van der Waals surface area contributed by atoms with E-state index in [1.54, 1.807) is 6.20 Å². The first-order valence-corrected chi connectivity index (χ1v) is 11.2. The molecule has 0 radical (unpaired) electrons. The van der Waals surface area contributed by atoms with E-state index in [2.05, 4.69) is 58.5 Å². The van der Waals surface area contributed by atoms with Gasteiger partial charge in [0.15, 0.2) is 0 Å². The third kappa shape index (κ3) is 5.01. The summed E-state index contributed by atoms with van der Waals surface area (Å²) in [6, 6.07) is 16.8. The number of benzene rings is 2. The predicted octanol–water partition coefficient (Wildman–Crippen LogP) is 4.88. The van der Waals surface area contributed by atoms with E-state index in [0.29, 0.717) is 6.61 Å². The van der Waals surface area contributed by atoms with Crippen LogP contribution in [0.3, 0.4) is 0 Å². The molecule has 0 aliphatic carbocycles. The van der Waals surface area contributed by atoms with Crippen LogP contribution in [-0.2, 0) is 5.75 Å². The third-order valence-corrected chi connectivity index (χ3v) is 6.18. The molecule has 0 spiro atoms. The largest absolute Gasteiger partial charge is 0.490 e. The molecule has 154 valence electrons. The van der Waals surface area contributed by atoms with Gasteiger partial charge in [0.25, 0.3) is 0 Å². The van der Waals surface area contributed by atoms with E-state index in [-0.39, 0.29) is 6.04 Å². The van der Waals surface area contributed by atoms with Gasteiger partial charge in [0.05, 0.1) is 11.7 Å². The molecular formula is C24H26N4OS. The number of aromatic nitrogens is 3. The lowest BCUT2D eigenvalue weighted by Gasteiger charge is -2.13. The average Bonchev–Trinajstić information content (AvgIpc) is 3.14. The van der Waals surface area contributed by atoms with Crippen molar-refractivity contribution in [1.82, 2.24) is 15.2 Å². The minimum absolute atomic E-state index is 0.0333. The van der Waals surface area contributed by atoms with Crippen LogP contribution in [0.15, 0.2) is 60.9 Å². The Balaban J connectivity index is 1.32. The Morgan fingerprint density at radius 3 is 2.70 bits per heavy atom. The molecule has 0 aliphatic rings. The molecule has 0 amide bonds. The summed E-state index contributed by atoms with van der Waals surface area (Å²) >= 11 is 1.83. The highest BCUT2D eigenvalue weighted by molar-refractivity contribution is 7.98. The monoisotopic (exact) mass is 418 g/mol. The maximum atomic E-state index is 6.25. The highest BCUT2D eigenvalue weighted by Crippen LogP contribution is 2.27. The molecule has 0 saturated carbocycles. The molecule has 2 heterocycles. The fourth-order valence-corrected chi connectivity index (χ4v) is 4.18. The minimum atomic E-state index is -0.0333. The molecule has 3 N–H and O–H groups in total. The van der Waals surface area contributed by atoms with Crippen molar-refractivity contribution in [2.75, 3.05) is 12.4 Å². The van der Waals surface area contributed by atoms with E-state index >= 15 is 0 Å². The number of rotatable bonds is 8. The zero-order valence-electron chi connectivity index (χ0n) is 17.3. The van der Waals surface area contributed by atoms with Gasteiger partial charge >= 0.3 is 0 Å². The van der Waals surface area contributed by atoms with Gasteiger partial charge in [-0.25, -0.2) is 0 Å². The molecule has 0 aliphatic heterocycles. The van der Waals surface area contributed by atoms with Gasteiger partial charge in [0, 0.05) is 40.4 Å². The first-order valence-electron chi connectivity index (χ1n) is 10.0. The minimum Gasteiger partial charge on any atom is -0.490 e. The van der Waals surface area contributed by atoms with Crippen LogP contribution < -0.4 is 10.5 Å². The molecule has 5 nitrogen and oxygen atoms in total. The lowest BCUT2D eigenvalue weighted by molar-refractivity contribution is 0.297. The summed E-state index contributed by atoms with van der Waals surface area (Å²) in [4.78, 5) is 4.34. The summed E-state index contributed by atoms with van der Waals surface area (Å²) < 4.78 is 5.93. The van der Waals surface area contributed by atoms with Crippen molar-refractivity contribution in [3.05, 3.63) is 77.7 Å². The number of fused-ring (bicyclic) bond motifs is 1. The number of hydrogen-bond donors (Lipinski definition) is 2. The molecular weight excluding hydrogens is 392 g/mol. The highest BCUT2D eigenvalue weighted by atomic mass is 32.2. The zero-order valence-corrected chi connectivity index (χ0v) is 18.1. The number of nitrogens with two attached hydrogens (primary N) is 1. The normalized spacial score (nSPS) is 12.2. The van der Waals surface area contributed by atoms with Gasteiger partial charge in [-0.15, -0.1) is 0 Å². The average molecular weight is 419 g/mol. The van der Waals surface area contributed by atoms with Crippen LogP contribution in [0.1, 0.15) is 16.8 Å². The summed E-state index contributed by atoms with van der Waals surface area (Å²) in [5, 5.41) is 8.43. The van der Waals surface area contributed by atoms with E-state index < -0.39 is 0 Å². The molecule has 0 fully saturated rings. The molecule has 0 unspecified atom stereocenters. The summed E-state index contributed by atoms with van der Waals surface area (Å²) in [6.07, 6.45) is 3.58. The number of ether oxygens (including phenoxy) is 1. The van der Waals surface area contributed by atoms with Crippen LogP contribution >= 0.6 is 11.8 Å². The van der Waals surface area contributed by atoms with Gasteiger partial charge < -0.3 is 10.5 Å². The van der Waals surface area contributed by atoms with Gasteiger partial charge in [0.1, 0.15) is 12.4 Å². The maximum absolute atomic E-state index is 6.25. The lowest BCUT2D eigenvalue weighted by Crippen LogP contribution is -2.30. The lowest BCUT2D eigenvalue weighted by atomic mass is 10.0. The number of aromatic amines is 1. The Bertz CT molecular complexity index is 1120. The Labute approximate surface area is 181 Å². The van der Waals surface area contributed by atoms with Gasteiger partial charge in [-0.1, -0.05) is 35.9 Å². The Morgan fingerprint density at radius 2 is 1.87 bits per heavy atom. The second-order valence-electron chi connectivity index (χ2n) is 7.56. The standard InChI is InChI=1S/C24H26N4OS/c1-16-3-5-18(6-4-16)14-30-15-21(25)13-29-22-9-20(11-26-12-22)19-7-8-24-23(10-19)17(2)27-28-24/h3-12,21H,13-15,25H2,1-2H3,(H,27,28)/t21-/m0/s1. The van der Waals surface area contributed by atoms with Gasteiger partial charge in [-0.2, -0.15) is 16.9 Å². The predicted molar refractivity (Wildman–Crippen MR) is 125 cm³/mol. The number of thioether (sulfide) groups is 1. The highest BCUT2D eigenvalue weighted by Gasteiger charge is 2.08. The fraction of sp³-hybridized carbons (Fsp3) is 0.250. The number of aryl methyl sites for hydroxylation is 2. The molecule has 4 rings (SSSR count). The van der Waals surface area contributed by atoms with Crippen molar-refractivity contribution < 1.29 is 4.74 Å². The SMILES string of the molecule is Cc1ccc(CSC[C@@H](N)COc2cncc(-c3ccc4n[nH]c(C)c4c3)c2)cc1. The van der Waals surface area contributed by atoms with Crippen molar-refractivity contribution in [3.63, 3.8) is 0 Å². The first kappa shape index (κ1) is 20.4. The Morgan fingerprint density at radius 1 is 1.03 bits per heavy atom. The van der Waals surface area contributed by atoms with E-state index in [1.165, 1.54) is 11.1 Å². The molecule has 2 aromatic carbocycles. The number of nitrogens with one attached hydrogen (secondary N) is 1. The zero-order chi connectivity index (χ0) is 20.9. The quantitative estimate of drug-likeness (QED) is 0.426. The van der Waals surface area contributed by atoms with Crippen molar-refractivity contribution in [2.45, 2.75) is 25.6 Å². The number of hydrogen-bond acceptors (Lipinski definition) is 5. The van der Waals surface area contributed by atoms with Crippen LogP contribution in [0.5, 0.6) is 5.75 Å². The van der Waals surface area contributed by atoms with Crippen LogP contribution in [0.4, 0.5) is 0 Å². The molecule has 0 saturated heterocycles. The van der Waals surface area contributed by atoms with Crippen molar-refractivity contribution >= 4 is 22.7 Å². The van der Waals surface area contributed by atoms with Crippen LogP contribution in [-0.4, -0.2) is 33.6 Å². The first-order chi connectivity index (χ1) is 14.6. The van der Waals surface area contributed by atoms with Crippen molar-refractivity contribution in [2.24, 2.45) is 5.73 Å². The van der Waals surface area contributed by atoms with E-state index in [0.717, 1.165) is 45.0 Å². The second-order valence-corrected chi connectivity index (χ2v) is 8.59. The molecule has 2 aromatic heterocycles. The molecule has 30 heavy (non-hydrogen) atoms. The summed E-state index contributed by atoms with van der Waals surface area (Å²) in [7, 11) is 0. The van der Waals surface area contributed by atoms with Crippen LogP contribution in [0, 0.1) is 13.8 Å². The van der Waals surface area contributed by atoms with E-state index in [1.807, 2.05) is 37.0 Å². The fourth-order valence-electron chi connectivity index (χ4n) is 3.24. The van der Waals surface area contributed by atoms with Gasteiger partial charge in [-0.05, 0) is 43.2 Å². The second kappa shape index (κ2) is 9.32. The molecule has 1 atom stereocenters. The number of H-pyrrole nitrogens is 1. The Kier molecular flexibility index (Phi) is 6.35. The van der Waals surface area contributed by atoms with E-state index in [4.69, 9.17) is 10.5 Å². The molecule has 4 aromatic rings. The summed E-state index contributed by atoms with van der Waals surface area (Å²) in [5.74, 6) is 2.54.